The largest absolute Gasteiger partial charge is 0.397 e. The highest BCUT2D eigenvalue weighted by atomic mass is 35.5. The molecule has 0 radical (unpaired) electrons. The number of carbonyl (C=O) groups is 1. The zero-order chi connectivity index (χ0) is 14.7. The molecule has 1 aromatic carbocycles. The third-order valence-electron chi connectivity index (χ3n) is 3.12. The van der Waals surface area contributed by atoms with E-state index in [-0.39, 0.29) is 5.91 Å². The van der Waals surface area contributed by atoms with E-state index in [2.05, 4.69) is 0 Å². The zero-order valence-corrected chi connectivity index (χ0v) is 13.1. The van der Waals surface area contributed by atoms with E-state index in [4.69, 9.17) is 22.1 Å². The van der Waals surface area contributed by atoms with E-state index in [1.165, 1.54) is 11.3 Å². The van der Waals surface area contributed by atoms with Crippen LogP contribution >= 0.6 is 22.9 Å². The van der Waals surface area contributed by atoms with Crippen LogP contribution in [-0.4, -0.2) is 37.6 Å². The van der Waals surface area contributed by atoms with Gasteiger partial charge >= 0.3 is 0 Å². The van der Waals surface area contributed by atoms with Crippen molar-refractivity contribution >= 4 is 44.6 Å². The van der Waals surface area contributed by atoms with Crippen molar-refractivity contribution in [2.24, 2.45) is 0 Å². The van der Waals surface area contributed by atoms with Crippen molar-refractivity contribution in [2.75, 3.05) is 32.5 Å². The third-order valence-corrected chi connectivity index (χ3v) is 4.51. The summed E-state index contributed by atoms with van der Waals surface area (Å²) < 4.78 is 5.96. The Hall–Kier alpha value is -1.30. The summed E-state index contributed by atoms with van der Waals surface area (Å²) in [6.07, 6.45) is 0. The predicted molar refractivity (Wildman–Crippen MR) is 84.7 cm³/mol. The minimum Gasteiger partial charge on any atom is -0.397 e. The van der Waals surface area contributed by atoms with Crippen molar-refractivity contribution < 1.29 is 9.53 Å². The molecule has 0 saturated heterocycles. The highest BCUT2D eigenvalue weighted by Crippen LogP contribution is 2.35. The second-order valence-electron chi connectivity index (χ2n) is 4.36. The highest BCUT2D eigenvalue weighted by molar-refractivity contribution is 7.21. The quantitative estimate of drug-likeness (QED) is 0.922. The van der Waals surface area contributed by atoms with E-state index in [9.17, 15) is 4.79 Å². The standard InChI is InChI=1S/C14H17ClN2O2S/c1-3-17(6-7-19-2)14(18)13-12(16)10-5-4-9(15)8-11(10)20-13/h4-5,8H,3,6-7,16H2,1-2H3. The van der Waals surface area contributed by atoms with Gasteiger partial charge in [-0.2, -0.15) is 0 Å². The molecule has 6 heteroatoms. The number of halogens is 1. The summed E-state index contributed by atoms with van der Waals surface area (Å²) in [4.78, 5) is 14.8. The number of nitrogen functional groups attached to an aromatic ring is 1. The van der Waals surface area contributed by atoms with E-state index >= 15 is 0 Å². The number of ether oxygens (including phenoxy) is 1. The Kier molecular flexibility index (Phi) is 4.86. The number of nitrogens with zero attached hydrogens (tertiary/aromatic N) is 1. The van der Waals surface area contributed by atoms with E-state index in [1.54, 1.807) is 18.1 Å². The Labute approximate surface area is 127 Å². The number of benzene rings is 1. The fourth-order valence-electron chi connectivity index (χ4n) is 2.00. The molecule has 2 rings (SSSR count). The number of nitrogens with two attached hydrogens (primary N) is 1. The summed E-state index contributed by atoms with van der Waals surface area (Å²) in [5.74, 6) is -0.0561. The van der Waals surface area contributed by atoms with Crippen molar-refractivity contribution in [3.8, 4) is 0 Å². The molecule has 0 aliphatic carbocycles. The molecule has 1 amide bonds. The van der Waals surface area contributed by atoms with E-state index < -0.39 is 0 Å². The maximum atomic E-state index is 12.5. The summed E-state index contributed by atoms with van der Waals surface area (Å²) in [7, 11) is 1.62. The molecule has 0 spiro atoms. The minimum atomic E-state index is -0.0561. The molecule has 0 fully saturated rings. The monoisotopic (exact) mass is 312 g/mol. The van der Waals surface area contributed by atoms with Crippen LogP contribution in [-0.2, 0) is 4.74 Å². The summed E-state index contributed by atoms with van der Waals surface area (Å²) in [6.45, 7) is 3.63. The molecule has 1 aromatic heterocycles. The molecule has 0 aliphatic rings. The van der Waals surface area contributed by atoms with Crippen molar-refractivity contribution in [3.63, 3.8) is 0 Å². The number of carbonyl (C=O) groups excluding carboxylic acids is 1. The minimum absolute atomic E-state index is 0.0561. The van der Waals surface area contributed by atoms with Gasteiger partial charge in [0, 0.05) is 35.3 Å². The van der Waals surface area contributed by atoms with Gasteiger partial charge in [-0.05, 0) is 25.1 Å². The average molecular weight is 313 g/mol. The number of thiophene rings is 1. The lowest BCUT2D eigenvalue weighted by Gasteiger charge is -2.19. The molecule has 0 unspecified atom stereocenters. The maximum absolute atomic E-state index is 12.5. The van der Waals surface area contributed by atoms with Crippen LogP contribution in [0, 0.1) is 0 Å². The molecular weight excluding hydrogens is 296 g/mol. The van der Waals surface area contributed by atoms with Crippen LogP contribution in [0.2, 0.25) is 5.02 Å². The van der Waals surface area contributed by atoms with Crippen LogP contribution in [0.3, 0.4) is 0 Å². The molecule has 108 valence electrons. The normalized spacial score (nSPS) is 10.9. The number of amides is 1. The molecule has 20 heavy (non-hydrogen) atoms. The van der Waals surface area contributed by atoms with Gasteiger partial charge in [0.1, 0.15) is 4.88 Å². The first-order valence-corrected chi connectivity index (χ1v) is 7.53. The fraction of sp³-hybridized carbons (Fsp3) is 0.357. The second-order valence-corrected chi connectivity index (χ2v) is 5.85. The topological polar surface area (TPSA) is 55.6 Å². The Balaban J connectivity index is 2.36. The average Bonchev–Trinajstić information content (AvgIpc) is 2.76. The predicted octanol–water partition coefficient (Wildman–Crippen LogP) is 3.25. The Morgan fingerprint density at radius 3 is 2.90 bits per heavy atom. The van der Waals surface area contributed by atoms with E-state index in [0.717, 1.165) is 10.1 Å². The lowest BCUT2D eigenvalue weighted by molar-refractivity contribution is 0.0712. The molecule has 1 heterocycles. The summed E-state index contributed by atoms with van der Waals surface area (Å²) >= 11 is 7.35. The van der Waals surface area contributed by atoms with E-state index in [0.29, 0.717) is 35.3 Å². The first-order chi connectivity index (χ1) is 9.58. The van der Waals surface area contributed by atoms with Crippen LogP contribution < -0.4 is 5.73 Å². The van der Waals surface area contributed by atoms with Gasteiger partial charge in [0.2, 0.25) is 0 Å². The van der Waals surface area contributed by atoms with Gasteiger partial charge in [-0.15, -0.1) is 11.3 Å². The highest BCUT2D eigenvalue weighted by Gasteiger charge is 2.21. The SMILES string of the molecule is CCN(CCOC)C(=O)c1sc2cc(Cl)ccc2c1N. The van der Waals surface area contributed by atoms with Gasteiger partial charge in [0.25, 0.3) is 5.91 Å². The van der Waals surface area contributed by atoms with Gasteiger partial charge < -0.3 is 15.4 Å². The van der Waals surface area contributed by atoms with Gasteiger partial charge in [-0.3, -0.25) is 4.79 Å². The Bertz CT molecular complexity index is 627. The van der Waals surface area contributed by atoms with Gasteiger partial charge in [0.15, 0.2) is 0 Å². The number of fused-ring (bicyclic) bond motifs is 1. The number of rotatable bonds is 5. The molecular formula is C14H17ClN2O2S. The Morgan fingerprint density at radius 1 is 1.50 bits per heavy atom. The smallest absolute Gasteiger partial charge is 0.266 e. The lowest BCUT2D eigenvalue weighted by Crippen LogP contribution is -2.33. The van der Waals surface area contributed by atoms with E-state index in [1.807, 2.05) is 19.1 Å². The maximum Gasteiger partial charge on any atom is 0.266 e. The van der Waals surface area contributed by atoms with Gasteiger partial charge in [0.05, 0.1) is 12.3 Å². The first-order valence-electron chi connectivity index (χ1n) is 6.34. The molecule has 0 bridgehead atoms. The Morgan fingerprint density at radius 2 is 2.25 bits per heavy atom. The summed E-state index contributed by atoms with van der Waals surface area (Å²) in [6, 6.07) is 5.47. The van der Waals surface area contributed by atoms with Crippen LogP contribution in [0.25, 0.3) is 10.1 Å². The van der Waals surface area contributed by atoms with Crippen LogP contribution in [0.4, 0.5) is 5.69 Å². The number of hydrogen-bond acceptors (Lipinski definition) is 4. The van der Waals surface area contributed by atoms with Gasteiger partial charge in [-0.1, -0.05) is 11.6 Å². The molecule has 0 saturated carbocycles. The lowest BCUT2D eigenvalue weighted by atomic mass is 10.2. The molecule has 0 atom stereocenters. The number of hydrogen-bond donors (Lipinski definition) is 1. The van der Waals surface area contributed by atoms with Crippen LogP contribution in [0.1, 0.15) is 16.6 Å². The molecule has 0 aliphatic heterocycles. The molecule has 4 nitrogen and oxygen atoms in total. The number of likely N-dealkylation sites (N-methyl/N-ethyl adjacent to an activating group) is 1. The number of methoxy groups -OCH3 is 1. The third kappa shape index (κ3) is 2.90. The van der Waals surface area contributed by atoms with Gasteiger partial charge in [-0.25, -0.2) is 0 Å². The van der Waals surface area contributed by atoms with Crippen molar-refractivity contribution in [2.45, 2.75) is 6.92 Å². The summed E-state index contributed by atoms with van der Waals surface area (Å²) in [5, 5.41) is 1.52. The zero-order valence-electron chi connectivity index (χ0n) is 11.5. The van der Waals surface area contributed by atoms with Crippen molar-refractivity contribution in [1.29, 1.82) is 0 Å². The molecule has 2 N–H and O–H groups in total. The van der Waals surface area contributed by atoms with Crippen molar-refractivity contribution in [3.05, 3.63) is 28.1 Å². The van der Waals surface area contributed by atoms with Crippen LogP contribution in [0.5, 0.6) is 0 Å². The fourth-order valence-corrected chi connectivity index (χ4v) is 3.36. The number of anilines is 1. The van der Waals surface area contributed by atoms with Crippen molar-refractivity contribution in [1.82, 2.24) is 4.90 Å². The second kappa shape index (κ2) is 6.43. The molecule has 2 aromatic rings. The summed E-state index contributed by atoms with van der Waals surface area (Å²) in [5.41, 5.74) is 6.63. The van der Waals surface area contributed by atoms with Crippen LogP contribution in [0.15, 0.2) is 18.2 Å². The first kappa shape index (κ1) is 15.1.